The molecule has 1 N–H and O–H groups in total. The zero-order valence-corrected chi connectivity index (χ0v) is 15.6. The van der Waals surface area contributed by atoms with E-state index in [1.807, 2.05) is 37.1 Å². The molecule has 2 rings (SSSR count). The number of ether oxygens (including phenoxy) is 2. The van der Waals surface area contributed by atoms with E-state index in [0.717, 1.165) is 5.56 Å². The third-order valence-electron chi connectivity index (χ3n) is 4.06. The maximum Gasteiger partial charge on any atom is 0.241 e. The van der Waals surface area contributed by atoms with Crippen molar-refractivity contribution in [3.05, 3.63) is 53.1 Å². The number of para-hydroxylation sites is 1. The Morgan fingerprint density at radius 1 is 1.16 bits per heavy atom. The van der Waals surface area contributed by atoms with Crippen molar-refractivity contribution in [1.29, 1.82) is 0 Å². The van der Waals surface area contributed by atoms with Crippen LogP contribution in [0.15, 0.2) is 42.5 Å². The number of likely N-dealkylation sites (N-methyl/N-ethyl adjacent to an activating group) is 1. The lowest BCUT2D eigenvalue weighted by Crippen LogP contribution is -2.39. The number of hydrogen-bond donors (Lipinski definition) is 1. The minimum absolute atomic E-state index is 0.0910. The second-order valence-corrected chi connectivity index (χ2v) is 6.18. The number of benzene rings is 2. The third-order valence-corrected chi connectivity index (χ3v) is 4.31. The first kappa shape index (κ1) is 19.1. The van der Waals surface area contributed by atoms with Crippen LogP contribution < -0.4 is 14.8 Å². The van der Waals surface area contributed by atoms with Gasteiger partial charge in [0, 0.05) is 22.8 Å². The molecular weight excluding hydrogens is 340 g/mol. The van der Waals surface area contributed by atoms with Crippen LogP contribution in [0.1, 0.15) is 12.5 Å². The number of halogens is 1. The van der Waals surface area contributed by atoms with Gasteiger partial charge in [0.1, 0.15) is 0 Å². The highest BCUT2D eigenvalue weighted by molar-refractivity contribution is 6.30. The van der Waals surface area contributed by atoms with Gasteiger partial charge in [-0.25, -0.2) is 0 Å². The van der Waals surface area contributed by atoms with E-state index in [9.17, 15) is 4.79 Å². The molecule has 25 heavy (non-hydrogen) atoms. The van der Waals surface area contributed by atoms with Crippen molar-refractivity contribution in [1.82, 2.24) is 4.90 Å². The Morgan fingerprint density at radius 3 is 2.44 bits per heavy atom. The van der Waals surface area contributed by atoms with E-state index < -0.39 is 0 Å². The van der Waals surface area contributed by atoms with E-state index >= 15 is 0 Å². The summed E-state index contributed by atoms with van der Waals surface area (Å²) in [6, 6.07) is 12.4. The van der Waals surface area contributed by atoms with Crippen molar-refractivity contribution in [2.24, 2.45) is 0 Å². The highest BCUT2D eigenvalue weighted by atomic mass is 35.5. The highest BCUT2D eigenvalue weighted by Gasteiger charge is 2.20. The van der Waals surface area contributed by atoms with E-state index in [4.69, 9.17) is 21.1 Å². The first-order valence-corrected chi connectivity index (χ1v) is 8.30. The van der Waals surface area contributed by atoms with Crippen molar-refractivity contribution in [3.63, 3.8) is 0 Å². The Kier molecular flexibility index (Phi) is 6.67. The first-order valence-electron chi connectivity index (χ1n) is 7.92. The van der Waals surface area contributed by atoms with Gasteiger partial charge < -0.3 is 14.8 Å². The number of methoxy groups -OCH3 is 2. The molecule has 0 aliphatic rings. The molecule has 0 unspecified atom stereocenters. The van der Waals surface area contributed by atoms with Crippen LogP contribution in [0.4, 0.5) is 5.69 Å². The molecule has 2 aromatic rings. The summed E-state index contributed by atoms with van der Waals surface area (Å²) in [6.07, 6.45) is 0. The zero-order valence-electron chi connectivity index (χ0n) is 14.9. The van der Waals surface area contributed by atoms with Crippen LogP contribution >= 0.6 is 11.6 Å². The Balaban J connectivity index is 2.05. The molecule has 1 amide bonds. The lowest BCUT2D eigenvalue weighted by molar-refractivity contribution is -0.120. The Labute approximate surface area is 153 Å². The van der Waals surface area contributed by atoms with Crippen LogP contribution in [0.25, 0.3) is 0 Å². The number of rotatable bonds is 7. The molecule has 0 saturated heterocycles. The average Bonchev–Trinajstić information content (AvgIpc) is 2.62. The van der Waals surface area contributed by atoms with Crippen molar-refractivity contribution >= 4 is 23.2 Å². The quantitative estimate of drug-likeness (QED) is 0.813. The summed E-state index contributed by atoms with van der Waals surface area (Å²) in [6.45, 7) is 2.41. The Bertz CT molecular complexity index is 719. The van der Waals surface area contributed by atoms with Gasteiger partial charge in [0.05, 0.1) is 20.3 Å². The standard InChI is InChI=1S/C19H23ClN2O3/c1-13(19(23)21-16-10-8-15(20)9-11-16)22(2)12-14-6-5-7-17(24-3)18(14)25-4/h5-11,13H,12H2,1-4H3,(H,21,23)/t13-/m0/s1. The molecule has 0 aliphatic heterocycles. The van der Waals surface area contributed by atoms with Crippen LogP contribution in [-0.4, -0.2) is 38.1 Å². The zero-order chi connectivity index (χ0) is 18.4. The summed E-state index contributed by atoms with van der Waals surface area (Å²) in [4.78, 5) is 14.4. The fourth-order valence-electron chi connectivity index (χ4n) is 2.46. The maximum absolute atomic E-state index is 12.5. The molecule has 0 aliphatic carbocycles. The number of hydrogen-bond acceptors (Lipinski definition) is 4. The van der Waals surface area contributed by atoms with Gasteiger partial charge in [-0.1, -0.05) is 23.7 Å². The topological polar surface area (TPSA) is 50.8 Å². The number of nitrogens with one attached hydrogen (secondary N) is 1. The largest absolute Gasteiger partial charge is 0.493 e. The van der Waals surface area contributed by atoms with Gasteiger partial charge in [-0.3, -0.25) is 9.69 Å². The smallest absolute Gasteiger partial charge is 0.241 e. The van der Waals surface area contributed by atoms with E-state index in [1.54, 1.807) is 38.5 Å². The minimum Gasteiger partial charge on any atom is -0.493 e. The number of anilines is 1. The molecule has 1 atom stereocenters. The van der Waals surface area contributed by atoms with E-state index in [0.29, 0.717) is 28.8 Å². The number of carbonyl (C=O) groups excluding carboxylic acids is 1. The van der Waals surface area contributed by atoms with Crippen LogP contribution in [-0.2, 0) is 11.3 Å². The summed E-state index contributed by atoms with van der Waals surface area (Å²) in [5.74, 6) is 1.26. The summed E-state index contributed by atoms with van der Waals surface area (Å²) in [5.41, 5.74) is 1.67. The maximum atomic E-state index is 12.5. The molecule has 6 heteroatoms. The van der Waals surface area contributed by atoms with Crippen LogP contribution in [0.2, 0.25) is 5.02 Å². The van der Waals surface area contributed by atoms with Crippen LogP contribution in [0, 0.1) is 0 Å². The van der Waals surface area contributed by atoms with Gasteiger partial charge in [-0.05, 0) is 44.3 Å². The summed E-state index contributed by atoms with van der Waals surface area (Å²) < 4.78 is 10.8. The predicted octanol–water partition coefficient (Wildman–Crippen LogP) is 3.82. The minimum atomic E-state index is -0.327. The second kappa shape index (κ2) is 8.74. The normalized spacial score (nSPS) is 11.9. The van der Waals surface area contributed by atoms with Crippen LogP contribution in [0.5, 0.6) is 11.5 Å². The van der Waals surface area contributed by atoms with Crippen molar-refractivity contribution in [3.8, 4) is 11.5 Å². The van der Waals surface area contributed by atoms with Gasteiger partial charge in [0.2, 0.25) is 5.91 Å². The molecule has 134 valence electrons. The van der Waals surface area contributed by atoms with E-state index in [1.165, 1.54) is 0 Å². The lowest BCUT2D eigenvalue weighted by Gasteiger charge is -2.25. The van der Waals surface area contributed by atoms with Gasteiger partial charge >= 0.3 is 0 Å². The van der Waals surface area contributed by atoms with E-state index in [-0.39, 0.29) is 11.9 Å². The summed E-state index contributed by atoms with van der Waals surface area (Å²) in [5, 5.41) is 3.52. The van der Waals surface area contributed by atoms with Crippen molar-refractivity contribution in [2.45, 2.75) is 19.5 Å². The van der Waals surface area contributed by atoms with E-state index in [2.05, 4.69) is 5.32 Å². The molecule has 0 heterocycles. The average molecular weight is 363 g/mol. The first-order chi connectivity index (χ1) is 12.0. The molecule has 0 fully saturated rings. The highest BCUT2D eigenvalue weighted by Crippen LogP contribution is 2.31. The Hall–Kier alpha value is -2.24. The number of nitrogens with zero attached hydrogens (tertiary/aromatic N) is 1. The van der Waals surface area contributed by atoms with Crippen molar-refractivity contribution in [2.75, 3.05) is 26.6 Å². The van der Waals surface area contributed by atoms with Gasteiger partial charge in [-0.15, -0.1) is 0 Å². The van der Waals surface area contributed by atoms with Crippen LogP contribution in [0.3, 0.4) is 0 Å². The number of carbonyl (C=O) groups is 1. The molecule has 0 bridgehead atoms. The number of amides is 1. The van der Waals surface area contributed by atoms with Gasteiger partial charge in [-0.2, -0.15) is 0 Å². The molecule has 2 aromatic carbocycles. The molecule has 0 saturated carbocycles. The second-order valence-electron chi connectivity index (χ2n) is 5.74. The fourth-order valence-corrected chi connectivity index (χ4v) is 2.59. The predicted molar refractivity (Wildman–Crippen MR) is 101 cm³/mol. The van der Waals surface area contributed by atoms with Gasteiger partial charge in [0.15, 0.2) is 11.5 Å². The molecule has 5 nitrogen and oxygen atoms in total. The van der Waals surface area contributed by atoms with Crippen molar-refractivity contribution < 1.29 is 14.3 Å². The SMILES string of the molecule is COc1cccc(CN(C)[C@@H](C)C(=O)Nc2ccc(Cl)cc2)c1OC. The molecular formula is C19H23ClN2O3. The monoisotopic (exact) mass is 362 g/mol. The summed E-state index contributed by atoms with van der Waals surface area (Å²) in [7, 11) is 5.11. The fraction of sp³-hybridized carbons (Fsp3) is 0.316. The molecule has 0 radical (unpaired) electrons. The lowest BCUT2D eigenvalue weighted by atomic mass is 10.1. The third kappa shape index (κ3) is 4.87. The molecule has 0 aromatic heterocycles. The Morgan fingerprint density at radius 2 is 1.84 bits per heavy atom. The molecule has 0 spiro atoms. The summed E-state index contributed by atoms with van der Waals surface area (Å²) >= 11 is 5.86. The van der Waals surface area contributed by atoms with Gasteiger partial charge in [0.25, 0.3) is 0 Å².